The molecule has 2 aliphatic rings. The highest BCUT2D eigenvalue weighted by atomic mass is 16.5. The summed E-state index contributed by atoms with van der Waals surface area (Å²) in [6, 6.07) is 0. The second kappa shape index (κ2) is 6.59. The minimum atomic E-state index is -0.798. The van der Waals surface area contributed by atoms with Gasteiger partial charge in [0.15, 0.2) is 0 Å². The van der Waals surface area contributed by atoms with E-state index in [4.69, 9.17) is 4.74 Å². The Hall–Kier alpha value is -1.44. The van der Waals surface area contributed by atoms with Gasteiger partial charge in [-0.05, 0) is 20.3 Å². The summed E-state index contributed by atoms with van der Waals surface area (Å²) in [6.45, 7) is 8.63. The van der Waals surface area contributed by atoms with E-state index in [2.05, 4.69) is 15.1 Å². The number of rotatable bonds is 4. The number of carbonyl (C=O) groups excluding carboxylic acids is 1. The normalized spacial score (nSPS) is 26.0. The molecule has 2 saturated heterocycles. The molecule has 23 heavy (non-hydrogen) atoms. The van der Waals surface area contributed by atoms with Crippen LogP contribution in [-0.2, 0) is 16.0 Å². The van der Waals surface area contributed by atoms with E-state index in [0.29, 0.717) is 32.5 Å². The van der Waals surface area contributed by atoms with E-state index in [-0.39, 0.29) is 5.91 Å². The van der Waals surface area contributed by atoms with Gasteiger partial charge >= 0.3 is 0 Å². The molecule has 0 aromatic carbocycles. The number of aliphatic hydroxyl groups is 1. The number of aromatic nitrogens is 2. The molecule has 3 heterocycles. The van der Waals surface area contributed by atoms with Gasteiger partial charge in [0.1, 0.15) is 0 Å². The zero-order valence-electron chi connectivity index (χ0n) is 14.0. The summed E-state index contributed by atoms with van der Waals surface area (Å²) >= 11 is 0. The first-order valence-corrected chi connectivity index (χ1v) is 8.27. The molecule has 1 amide bonds. The maximum atomic E-state index is 12.5. The summed E-state index contributed by atoms with van der Waals surface area (Å²) < 4.78 is 5.34. The second-order valence-electron chi connectivity index (χ2n) is 6.77. The van der Waals surface area contributed by atoms with Gasteiger partial charge in [0.05, 0.1) is 37.5 Å². The van der Waals surface area contributed by atoms with Crippen LogP contribution >= 0.6 is 0 Å². The van der Waals surface area contributed by atoms with Crippen LogP contribution in [0.15, 0.2) is 0 Å². The van der Waals surface area contributed by atoms with Crippen molar-refractivity contribution in [1.82, 2.24) is 20.0 Å². The van der Waals surface area contributed by atoms with Gasteiger partial charge in [0.25, 0.3) is 0 Å². The van der Waals surface area contributed by atoms with Crippen molar-refractivity contribution in [2.24, 2.45) is 0 Å². The molecule has 7 heteroatoms. The predicted molar refractivity (Wildman–Crippen MR) is 85.2 cm³/mol. The lowest BCUT2D eigenvalue weighted by Gasteiger charge is -2.33. The molecule has 2 fully saturated rings. The van der Waals surface area contributed by atoms with Crippen LogP contribution in [0.25, 0.3) is 0 Å². The van der Waals surface area contributed by atoms with Crippen LogP contribution in [-0.4, -0.2) is 82.5 Å². The van der Waals surface area contributed by atoms with Crippen molar-refractivity contribution in [3.63, 3.8) is 0 Å². The van der Waals surface area contributed by atoms with Gasteiger partial charge < -0.3 is 14.7 Å². The van der Waals surface area contributed by atoms with Crippen molar-refractivity contribution in [3.8, 4) is 0 Å². The number of carbonyl (C=O) groups is 1. The SMILES string of the molecule is Cc1n[nH]c(C)c1CC(=O)N1CC[C@@](O)(CN2CCOCC2)C1. The van der Waals surface area contributed by atoms with Crippen LogP contribution in [0, 0.1) is 13.8 Å². The third-order valence-corrected chi connectivity index (χ3v) is 4.92. The molecule has 0 radical (unpaired) electrons. The van der Waals surface area contributed by atoms with Gasteiger partial charge in [-0.3, -0.25) is 14.8 Å². The fourth-order valence-corrected chi connectivity index (χ4v) is 3.47. The predicted octanol–water partition coefficient (Wildman–Crippen LogP) is -0.135. The molecule has 1 atom stereocenters. The van der Waals surface area contributed by atoms with E-state index in [0.717, 1.165) is 43.3 Å². The number of amides is 1. The number of nitrogens with zero attached hydrogens (tertiary/aromatic N) is 3. The number of β-amino-alcohol motifs (C(OH)–C–C–N with tert-alkyl or cyclic N) is 1. The summed E-state index contributed by atoms with van der Waals surface area (Å²) in [5.41, 5.74) is 1.99. The van der Waals surface area contributed by atoms with Gasteiger partial charge in [-0.2, -0.15) is 5.10 Å². The first-order valence-electron chi connectivity index (χ1n) is 8.27. The Morgan fingerprint density at radius 2 is 2.09 bits per heavy atom. The lowest BCUT2D eigenvalue weighted by atomic mass is 10.0. The number of hydrogen-bond acceptors (Lipinski definition) is 5. The fraction of sp³-hybridized carbons (Fsp3) is 0.750. The number of aromatic amines is 1. The van der Waals surface area contributed by atoms with Crippen molar-refractivity contribution < 1.29 is 14.6 Å². The number of hydrogen-bond donors (Lipinski definition) is 2. The Bertz CT molecular complexity index is 548. The number of likely N-dealkylation sites (tertiary alicyclic amines) is 1. The fourth-order valence-electron chi connectivity index (χ4n) is 3.47. The smallest absolute Gasteiger partial charge is 0.227 e. The lowest BCUT2D eigenvalue weighted by Crippen LogP contribution is -2.49. The second-order valence-corrected chi connectivity index (χ2v) is 6.77. The number of aryl methyl sites for hydroxylation is 2. The molecule has 0 spiro atoms. The minimum absolute atomic E-state index is 0.0653. The first-order chi connectivity index (χ1) is 11.0. The van der Waals surface area contributed by atoms with Gasteiger partial charge in [-0.15, -0.1) is 0 Å². The third kappa shape index (κ3) is 3.73. The molecule has 7 nitrogen and oxygen atoms in total. The molecule has 128 valence electrons. The van der Waals surface area contributed by atoms with Crippen LogP contribution < -0.4 is 0 Å². The third-order valence-electron chi connectivity index (χ3n) is 4.92. The highest BCUT2D eigenvalue weighted by Gasteiger charge is 2.39. The Balaban J connectivity index is 1.57. The van der Waals surface area contributed by atoms with Crippen LogP contribution in [0.3, 0.4) is 0 Å². The molecule has 1 aromatic rings. The lowest BCUT2D eigenvalue weighted by molar-refractivity contribution is -0.130. The average Bonchev–Trinajstić information content (AvgIpc) is 3.06. The number of nitrogens with one attached hydrogen (secondary N) is 1. The van der Waals surface area contributed by atoms with Crippen molar-refractivity contribution in [1.29, 1.82) is 0 Å². The van der Waals surface area contributed by atoms with Gasteiger partial charge in [0.2, 0.25) is 5.91 Å². The summed E-state index contributed by atoms with van der Waals surface area (Å²) in [5, 5.41) is 17.9. The average molecular weight is 322 g/mol. The molecule has 3 rings (SSSR count). The van der Waals surface area contributed by atoms with Crippen LogP contribution in [0.1, 0.15) is 23.4 Å². The standard InChI is InChI=1S/C16H26N4O3/c1-12-14(13(2)18-17-12)9-15(21)20-4-3-16(22,11-20)10-19-5-7-23-8-6-19/h22H,3-11H2,1-2H3,(H,17,18)/t16-/m1/s1. The van der Waals surface area contributed by atoms with Crippen molar-refractivity contribution in [3.05, 3.63) is 17.0 Å². The zero-order valence-corrected chi connectivity index (χ0v) is 14.0. The maximum absolute atomic E-state index is 12.5. The first kappa shape index (κ1) is 16.4. The minimum Gasteiger partial charge on any atom is -0.387 e. The van der Waals surface area contributed by atoms with Crippen LogP contribution in [0.2, 0.25) is 0 Å². The highest BCUT2D eigenvalue weighted by molar-refractivity contribution is 5.79. The Morgan fingerprint density at radius 1 is 1.35 bits per heavy atom. The summed E-state index contributed by atoms with van der Waals surface area (Å²) in [4.78, 5) is 16.5. The number of ether oxygens (including phenoxy) is 1. The number of morpholine rings is 1. The zero-order chi connectivity index (χ0) is 16.4. The molecule has 0 saturated carbocycles. The van der Waals surface area contributed by atoms with Crippen molar-refractivity contribution >= 4 is 5.91 Å². The maximum Gasteiger partial charge on any atom is 0.227 e. The molecular weight excluding hydrogens is 296 g/mol. The van der Waals surface area contributed by atoms with Crippen molar-refractivity contribution in [2.45, 2.75) is 32.3 Å². The number of H-pyrrole nitrogens is 1. The highest BCUT2D eigenvalue weighted by Crippen LogP contribution is 2.24. The molecular formula is C16H26N4O3. The van der Waals surface area contributed by atoms with E-state index in [1.165, 1.54) is 0 Å². The van der Waals surface area contributed by atoms with E-state index < -0.39 is 5.60 Å². The summed E-state index contributed by atoms with van der Waals surface area (Å²) in [7, 11) is 0. The Kier molecular flexibility index (Phi) is 4.70. The molecule has 1 aromatic heterocycles. The van der Waals surface area contributed by atoms with E-state index in [9.17, 15) is 9.90 Å². The summed E-state index contributed by atoms with van der Waals surface area (Å²) in [6.07, 6.45) is 0.987. The Morgan fingerprint density at radius 3 is 2.74 bits per heavy atom. The molecule has 0 unspecified atom stereocenters. The molecule has 0 bridgehead atoms. The summed E-state index contributed by atoms with van der Waals surface area (Å²) in [5.74, 6) is 0.0653. The topological polar surface area (TPSA) is 81.7 Å². The van der Waals surface area contributed by atoms with E-state index in [1.54, 1.807) is 4.90 Å². The Labute approximate surface area is 136 Å². The quantitative estimate of drug-likeness (QED) is 0.807. The van der Waals surface area contributed by atoms with Gasteiger partial charge in [0, 0.05) is 37.4 Å². The van der Waals surface area contributed by atoms with E-state index in [1.807, 2.05) is 13.8 Å². The van der Waals surface area contributed by atoms with Gasteiger partial charge in [-0.25, -0.2) is 0 Å². The molecule has 2 N–H and O–H groups in total. The monoisotopic (exact) mass is 322 g/mol. The molecule has 0 aliphatic carbocycles. The van der Waals surface area contributed by atoms with Crippen molar-refractivity contribution in [2.75, 3.05) is 45.9 Å². The largest absolute Gasteiger partial charge is 0.387 e. The van der Waals surface area contributed by atoms with Crippen LogP contribution in [0.5, 0.6) is 0 Å². The molecule has 2 aliphatic heterocycles. The van der Waals surface area contributed by atoms with E-state index >= 15 is 0 Å². The van der Waals surface area contributed by atoms with Gasteiger partial charge in [-0.1, -0.05) is 0 Å². The van der Waals surface area contributed by atoms with Crippen LogP contribution in [0.4, 0.5) is 0 Å².